The van der Waals surface area contributed by atoms with Crippen LogP contribution in [0.25, 0.3) is 0 Å². The third kappa shape index (κ3) is 4.77. The van der Waals surface area contributed by atoms with E-state index in [0.717, 1.165) is 18.1 Å². The number of nitrogens with zero attached hydrogens (tertiary/aromatic N) is 2. The number of methoxy groups -OCH3 is 1. The zero-order chi connectivity index (χ0) is 15.8. The highest BCUT2D eigenvalue weighted by atomic mass is 16.5. The third-order valence-electron chi connectivity index (χ3n) is 3.27. The summed E-state index contributed by atoms with van der Waals surface area (Å²) >= 11 is 0. The second-order valence-corrected chi connectivity index (χ2v) is 4.97. The van der Waals surface area contributed by atoms with E-state index in [-0.39, 0.29) is 0 Å². The predicted molar refractivity (Wildman–Crippen MR) is 89.0 cm³/mol. The first kappa shape index (κ1) is 15.8. The average Bonchev–Trinajstić information content (AvgIpc) is 2.57. The summed E-state index contributed by atoms with van der Waals surface area (Å²) in [7, 11) is 3.37. The number of rotatable bonds is 5. The third-order valence-corrected chi connectivity index (χ3v) is 3.27. The van der Waals surface area contributed by atoms with Crippen LogP contribution in [-0.4, -0.2) is 25.1 Å². The smallest absolute Gasteiger partial charge is 0.212 e. The van der Waals surface area contributed by atoms with E-state index < -0.39 is 0 Å². The van der Waals surface area contributed by atoms with Gasteiger partial charge >= 0.3 is 0 Å². The Bertz CT molecular complexity index is 606. The fraction of sp³-hybridized carbons (Fsp3) is 0.294. The van der Waals surface area contributed by atoms with Gasteiger partial charge < -0.3 is 15.4 Å². The Hall–Kier alpha value is -2.56. The van der Waals surface area contributed by atoms with Crippen LogP contribution in [0.2, 0.25) is 0 Å². The van der Waals surface area contributed by atoms with Crippen LogP contribution in [-0.2, 0) is 13.1 Å². The molecule has 1 aromatic carbocycles. The Morgan fingerprint density at radius 1 is 1.05 bits per heavy atom. The van der Waals surface area contributed by atoms with E-state index in [1.165, 1.54) is 11.1 Å². The first-order valence-corrected chi connectivity index (χ1v) is 7.20. The number of guanidine groups is 1. The SMILES string of the molecule is CN=C(NCc1ccc(C)cc1)NCc1ccc(OC)nc1. The number of nitrogens with one attached hydrogen (secondary N) is 2. The zero-order valence-electron chi connectivity index (χ0n) is 13.3. The molecule has 2 rings (SSSR count). The van der Waals surface area contributed by atoms with Crippen molar-refractivity contribution >= 4 is 5.96 Å². The highest BCUT2D eigenvalue weighted by molar-refractivity contribution is 5.79. The summed E-state index contributed by atoms with van der Waals surface area (Å²) in [5.41, 5.74) is 3.55. The van der Waals surface area contributed by atoms with Crippen LogP contribution in [0.15, 0.2) is 47.6 Å². The second kappa shape index (κ2) is 8.02. The molecule has 116 valence electrons. The van der Waals surface area contributed by atoms with Gasteiger partial charge in [-0.05, 0) is 18.1 Å². The van der Waals surface area contributed by atoms with E-state index >= 15 is 0 Å². The average molecular weight is 298 g/mol. The van der Waals surface area contributed by atoms with Crippen molar-refractivity contribution < 1.29 is 4.74 Å². The summed E-state index contributed by atoms with van der Waals surface area (Å²) in [5.74, 6) is 1.38. The summed E-state index contributed by atoms with van der Waals surface area (Å²) in [4.78, 5) is 8.40. The van der Waals surface area contributed by atoms with Gasteiger partial charge in [-0.1, -0.05) is 35.9 Å². The fourth-order valence-electron chi connectivity index (χ4n) is 1.93. The van der Waals surface area contributed by atoms with E-state index in [9.17, 15) is 0 Å². The minimum Gasteiger partial charge on any atom is -0.481 e. The molecule has 0 amide bonds. The summed E-state index contributed by atoms with van der Waals surface area (Å²) in [5, 5.41) is 6.55. The molecule has 0 saturated heterocycles. The molecule has 2 aromatic rings. The van der Waals surface area contributed by atoms with Crippen molar-refractivity contribution in [2.45, 2.75) is 20.0 Å². The van der Waals surface area contributed by atoms with Crippen LogP contribution in [0.1, 0.15) is 16.7 Å². The van der Waals surface area contributed by atoms with Crippen molar-refractivity contribution in [2.75, 3.05) is 14.2 Å². The van der Waals surface area contributed by atoms with Crippen molar-refractivity contribution in [3.8, 4) is 5.88 Å². The Morgan fingerprint density at radius 3 is 2.23 bits per heavy atom. The van der Waals surface area contributed by atoms with Crippen molar-refractivity contribution in [2.24, 2.45) is 4.99 Å². The van der Waals surface area contributed by atoms with Crippen LogP contribution in [0.3, 0.4) is 0 Å². The molecule has 0 saturated carbocycles. The van der Waals surface area contributed by atoms with Crippen molar-refractivity contribution in [3.63, 3.8) is 0 Å². The summed E-state index contributed by atoms with van der Waals surface area (Å²) in [6, 6.07) is 12.3. The molecule has 0 spiro atoms. The fourth-order valence-corrected chi connectivity index (χ4v) is 1.93. The molecular weight excluding hydrogens is 276 g/mol. The van der Waals surface area contributed by atoms with E-state index in [4.69, 9.17) is 4.74 Å². The molecule has 0 unspecified atom stereocenters. The number of hydrogen-bond acceptors (Lipinski definition) is 3. The van der Waals surface area contributed by atoms with Gasteiger partial charge in [0.15, 0.2) is 5.96 Å². The van der Waals surface area contributed by atoms with Gasteiger partial charge in [0, 0.05) is 32.4 Å². The predicted octanol–water partition coefficient (Wildman–Crippen LogP) is 2.26. The van der Waals surface area contributed by atoms with Gasteiger partial charge in [0.1, 0.15) is 0 Å². The monoisotopic (exact) mass is 298 g/mol. The van der Waals surface area contributed by atoms with Crippen LogP contribution in [0.4, 0.5) is 0 Å². The molecule has 0 aliphatic rings. The highest BCUT2D eigenvalue weighted by Gasteiger charge is 2.00. The second-order valence-electron chi connectivity index (χ2n) is 4.97. The number of aryl methyl sites for hydroxylation is 1. The maximum Gasteiger partial charge on any atom is 0.212 e. The van der Waals surface area contributed by atoms with E-state index in [0.29, 0.717) is 12.4 Å². The quantitative estimate of drug-likeness (QED) is 0.657. The Kier molecular flexibility index (Phi) is 5.77. The van der Waals surface area contributed by atoms with Gasteiger partial charge in [0.2, 0.25) is 5.88 Å². The Labute approximate surface area is 131 Å². The summed E-state index contributed by atoms with van der Waals surface area (Å²) in [6.07, 6.45) is 1.79. The van der Waals surface area contributed by atoms with Gasteiger partial charge in [-0.15, -0.1) is 0 Å². The lowest BCUT2D eigenvalue weighted by Gasteiger charge is -2.12. The molecule has 1 heterocycles. The van der Waals surface area contributed by atoms with Crippen molar-refractivity contribution in [1.29, 1.82) is 0 Å². The normalized spacial score (nSPS) is 11.1. The first-order chi connectivity index (χ1) is 10.7. The molecule has 0 bridgehead atoms. The number of benzene rings is 1. The van der Waals surface area contributed by atoms with Crippen LogP contribution in [0, 0.1) is 6.92 Å². The van der Waals surface area contributed by atoms with Crippen LogP contribution in [0.5, 0.6) is 5.88 Å². The van der Waals surface area contributed by atoms with Crippen molar-refractivity contribution in [1.82, 2.24) is 15.6 Å². The lowest BCUT2D eigenvalue weighted by atomic mass is 10.1. The topological polar surface area (TPSA) is 58.5 Å². The largest absolute Gasteiger partial charge is 0.481 e. The lowest BCUT2D eigenvalue weighted by Crippen LogP contribution is -2.36. The molecular formula is C17H22N4O. The number of pyridine rings is 1. The van der Waals surface area contributed by atoms with Gasteiger partial charge in [0.05, 0.1) is 7.11 Å². The molecule has 2 N–H and O–H groups in total. The summed E-state index contributed by atoms with van der Waals surface area (Å²) < 4.78 is 5.04. The van der Waals surface area contributed by atoms with Crippen LogP contribution >= 0.6 is 0 Å². The van der Waals surface area contributed by atoms with E-state index in [2.05, 4.69) is 51.8 Å². The van der Waals surface area contributed by atoms with Crippen LogP contribution < -0.4 is 15.4 Å². The molecule has 0 atom stereocenters. The molecule has 5 nitrogen and oxygen atoms in total. The molecule has 1 aromatic heterocycles. The molecule has 0 aliphatic carbocycles. The number of ether oxygens (including phenoxy) is 1. The Balaban J connectivity index is 1.82. The maximum absolute atomic E-state index is 5.04. The Morgan fingerprint density at radius 2 is 1.68 bits per heavy atom. The summed E-state index contributed by atoms with van der Waals surface area (Å²) in [6.45, 7) is 3.48. The minimum atomic E-state index is 0.616. The lowest BCUT2D eigenvalue weighted by molar-refractivity contribution is 0.397. The number of aromatic nitrogens is 1. The first-order valence-electron chi connectivity index (χ1n) is 7.20. The molecule has 5 heteroatoms. The van der Waals surface area contributed by atoms with Gasteiger partial charge in [-0.25, -0.2) is 4.98 Å². The number of hydrogen-bond donors (Lipinski definition) is 2. The molecule has 22 heavy (non-hydrogen) atoms. The number of aliphatic imine (C=N–C) groups is 1. The minimum absolute atomic E-state index is 0.616. The van der Waals surface area contributed by atoms with E-state index in [1.54, 1.807) is 20.4 Å². The molecule has 0 fully saturated rings. The van der Waals surface area contributed by atoms with Gasteiger partial charge in [-0.2, -0.15) is 0 Å². The molecule has 0 radical (unpaired) electrons. The standard InChI is InChI=1S/C17H22N4O/c1-13-4-6-14(7-5-13)10-20-17(18-2)21-12-15-8-9-16(22-3)19-11-15/h4-9,11H,10,12H2,1-3H3,(H2,18,20,21). The zero-order valence-corrected chi connectivity index (χ0v) is 13.3. The van der Waals surface area contributed by atoms with Gasteiger partial charge in [0.25, 0.3) is 0 Å². The van der Waals surface area contributed by atoms with Crippen molar-refractivity contribution in [3.05, 3.63) is 59.3 Å². The van der Waals surface area contributed by atoms with Gasteiger partial charge in [-0.3, -0.25) is 4.99 Å². The van der Waals surface area contributed by atoms with E-state index in [1.807, 2.05) is 12.1 Å². The highest BCUT2D eigenvalue weighted by Crippen LogP contribution is 2.06. The maximum atomic E-state index is 5.04. The molecule has 0 aliphatic heterocycles.